The zero-order valence-corrected chi connectivity index (χ0v) is 22.4. The number of alkyl halides is 12. The maximum atomic E-state index is 13.5. The fourth-order valence-electron chi connectivity index (χ4n) is 5.11. The highest BCUT2D eigenvalue weighted by atomic mass is 19.4. The molecule has 0 unspecified atom stereocenters. The van der Waals surface area contributed by atoms with Crippen LogP contribution in [0, 0.1) is 17.9 Å². The van der Waals surface area contributed by atoms with E-state index >= 15 is 0 Å². The van der Waals surface area contributed by atoms with Crippen LogP contribution in [0.1, 0.15) is 33.4 Å². The van der Waals surface area contributed by atoms with E-state index in [4.69, 9.17) is 6.57 Å². The summed E-state index contributed by atoms with van der Waals surface area (Å²) in [6.45, 7) is 7.47. The molecule has 0 aromatic heterocycles. The van der Waals surface area contributed by atoms with E-state index in [0.717, 1.165) is 12.1 Å². The third-order valence-electron chi connectivity index (χ3n) is 7.16. The number of fused-ring (bicyclic) bond motifs is 3. The minimum atomic E-state index is -5.14. The minimum Gasteiger partial charge on any atom is -0.226 e. The first kappa shape index (κ1) is 32.2. The molecule has 1 aliphatic carbocycles. The number of allylic oxidation sites excluding steroid dienone is 1. The third kappa shape index (κ3) is 5.90. The smallest absolute Gasteiger partial charge is 0.226 e. The van der Waals surface area contributed by atoms with Crippen molar-refractivity contribution < 1.29 is 52.7 Å². The van der Waals surface area contributed by atoms with Crippen LogP contribution in [0.5, 0.6) is 0 Å². The van der Waals surface area contributed by atoms with Gasteiger partial charge in [-0.1, -0.05) is 24.3 Å². The first-order valence-electron chi connectivity index (χ1n) is 12.6. The van der Waals surface area contributed by atoms with Gasteiger partial charge < -0.3 is 0 Å². The Kier molecular flexibility index (Phi) is 7.47. The molecule has 0 amide bonds. The van der Waals surface area contributed by atoms with Crippen molar-refractivity contribution in [3.05, 3.63) is 123 Å². The summed E-state index contributed by atoms with van der Waals surface area (Å²) < 4.78 is 162. The van der Waals surface area contributed by atoms with E-state index < -0.39 is 63.8 Å². The van der Waals surface area contributed by atoms with Crippen LogP contribution in [-0.4, -0.2) is 0 Å². The van der Waals surface area contributed by atoms with Gasteiger partial charge in [-0.2, -0.15) is 52.7 Å². The normalized spacial score (nSPS) is 13.1. The maximum absolute atomic E-state index is 13.5. The quantitative estimate of drug-likeness (QED) is 0.106. The summed E-state index contributed by atoms with van der Waals surface area (Å²) in [5, 5.41) is 9.69. The van der Waals surface area contributed by atoms with Crippen molar-refractivity contribution in [3.8, 4) is 39.4 Å². The van der Waals surface area contributed by atoms with Gasteiger partial charge in [0.15, 0.2) is 0 Å². The first-order valence-corrected chi connectivity index (χ1v) is 12.6. The maximum Gasteiger partial charge on any atom is 0.416 e. The molecule has 0 saturated carbocycles. The number of benzene rings is 4. The summed E-state index contributed by atoms with van der Waals surface area (Å²) in [4.78, 5) is 3.15. The molecule has 4 aromatic carbocycles. The Bertz CT molecular complexity index is 1800. The van der Waals surface area contributed by atoms with Crippen LogP contribution in [0.25, 0.3) is 43.8 Å². The van der Waals surface area contributed by atoms with E-state index in [0.29, 0.717) is 24.3 Å². The van der Waals surface area contributed by atoms with E-state index in [-0.39, 0.29) is 51.1 Å². The Hall–Kier alpha value is -5.24. The second-order valence-electron chi connectivity index (χ2n) is 10.1. The molecule has 1 aliphatic rings. The molecule has 0 atom stereocenters. The van der Waals surface area contributed by atoms with Gasteiger partial charge in [0.1, 0.15) is 0 Å². The zero-order valence-electron chi connectivity index (χ0n) is 22.4. The molecular formula is C32H12F12N2. The molecule has 0 heterocycles. The predicted octanol–water partition coefficient (Wildman–Crippen LogP) is 11.3. The molecule has 234 valence electrons. The van der Waals surface area contributed by atoms with Crippen LogP contribution in [0.4, 0.5) is 52.7 Å². The Balaban J connectivity index is 1.73. The molecule has 14 heteroatoms. The summed E-state index contributed by atoms with van der Waals surface area (Å²) in [6, 6.07) is 10.9. The fraction of sp³-hybridized carbons (Fsp3) is 0.125. The van der Waals surface area contributed by atoms with Crippen molar-refractivity contribution >= 4 is 5.57 Å². The van der Waals surface area contributed by atoms with Crippen LogP contribution >= 0.6 is 0 Å². The summed E-state index contributed by atoms with van der Waals surface area (Å²) in [6.07, 6.45) is -20.6. The molecule has 0 fully saturated rings. The van der Waals surface area contributed by atoms with E-state index in [9.17, 15) is 57.9 Å². The second-order valence-corrected chi connectivity index (χ2v) is 10.1. The standard InChI is InChI=1S/C32H12F12N2/c1-46-27(14-45)28-25-10-15(17-6-19(29(33,34)35)12-20(7-17)30(36,37)38)2-4-23(25)24-5-3-16(11-26(24)28)18-8-21(31(39,40)41)13-22(9-18)32(42,43)44/h2-13H. The number of nitrogens with zero attached hydrogens (tertiary/aromatic N) is 2. The number of rotatable bonds is 2. The van der Waals surface area contributed by atoms with E-state index in [1.807, 2.05) is 0 Å². The van der Waals surface area contributed by atoms with Gasteiger partial charge in [-0.15, -0.1) is 0 Å². The minimum absolute atomic E-state index is 0.0307. The summed E-state index contributed by atoms with van der Waals surface area (Å²) in [7, 11) is 0. The SMILES string of the molecule is [C-]#[N+]C(C#N)=C1c2cc(-c3cc(C(F)(F)F)cc(C(F)(F)F)c3)ccc2-c2ccc(-c3cc(C(F)(F)F)cc(C(F)(F)F)c3)cc21. The highest BCUT2D eigenvalue weighted by Crippen LogP contribution is 2.49. The summed E-state index contributed by atoms with van der Waals surface area (Å²) in [5.41, 5.74) is -7.79. The molecular weight excluding hydrogens is 640 g/mol. The molecule has 2 nitrogen and oxygen atoms in total. The highest BCUT2D eigenvalue weighted by molar-refractivity contribution is 6.05. The molecule has 46 heavy (non-hydrogen) atoms. The molecule has 4 aromatic rings. The average Bonchev–Trinajstić information content (AvgIpc) is 3.28. The first-order chi connectivity index (χ1) is 21.2. The van der Waals surface area contributed by atoms with Crippen molar-refractivity contribution in [2.24, 2.45) is 0 Å². The van der Waals surface area contributed by atoms with Gasteiger partial charge in [0.25, 0.3) is 5.70 Å². The highest BCUT2D eigenvalue weighted by Gasteiger charge is 2.39. The number of nitriles is 1. The second kappa shape index (κ2) is 10.7. The Morgan fingerprint density at radius 3 is 1.07 bits per heavy atom. The molecule has 0 bridgehead atoms. The van der Waals surface area contributed by atoms with E-state index in [1.165, 1.54) is 24.3 Å². The fourth-order valence-corrected chi connectivity index (χ4v) is 5.11. The van der Waals surface area contributed by atoms with Gasteiger partial charge in [-0.25, -0.2) is 10.1 Å². The van der Waals surface area contributed by atoms with Gasteiger partial charge in [0.2, 0.25) is 0 Å². The zero-order chi connectivity index (χ0) is 34.0. The van der Waals surface area contributed by atoms with Crippen LogP contribution < -0.4 is 0 Å². The molecule has 5 rings (SSSR count). The van der Waals surface area contributed by atoms with Crippen molar-refractivity contribution in [3.63, 3.8) is 0 Å². The molecule has 0 saturated heterocycles. The lowest BCUT2D eigenvalue weighted by Crippen LogP contribution is -2.11. The summed E-state index contributed by atoms with van der Waals surface area (Å²) in [5.74, 6) is 0. The molecule has 0 N–H and O–H groups in total. The topological polar surface area (TPSA) is 28.1 Å². The third-order valence-corrected chi connectivity index (χ3v) is 7.16. The van der Waals surface area contributed by atoms with Crippen molar-refractivity contribution in [2.75, 3.05) is 0 Å². The Morgan fingerprint density at radius 2 is 0.804 bits per heavy atom. The van der Waals surface area contributed by atoms with Gasteiger partial charge in [0, 0.05) is 5.57 Å². The molecule has 0 spiro atoms. The van der Waals surface area contributed by atoms with Gasteiger partial charge in [-0.3, -0.25) is 0 Å². The largest absolute Gasteiger partial charge is 0.416 e. The lowest BCUT2D eigenvalue weighted by molar-refractivity contribution is -0.144. The average molecular weight is 652 g/mol. The van der Waals surface area contributed by atoms with Gasteiger partial charge in [0.05, 0.1) is 34.9 Å². The van der Waals surface area contributed by atoms with Gasteiger partial charge >= 0.3 is 24.7 Å². The number of halogens is 12. The summed E-state index contributed by atoms with van der Waals surface area (Å²) >= 11 is 0. The van der Waals surface area contributed by atoms with E-state index in [2.05, 4.69) is 4.85 Å². The predicted molar refractivity (Wildman–Crippen MR) is 141 cm³/mol. The van der Waals surface area contributed by atoms with Crippen molar-refractivity contribution in [1.82, 2.24) is 0 Å². The Labute approximate surface area is 251 Å². The van der Waals surface area contributed by atoms with Gasteiger partial charge in [-0.05, 0) is 93.0 Å². The lowest BCUT2D eigenvalue weighted by atomic mass is 9.94. The lowest BCUT2D eigenvalue weighted by Gasteiger charge is -2.15. The number of hydrogen-bond donors (Lipinski definition) is 0. The van der Waals surface area contributed by atoms with Crippen molar-refractivity contribution in [2.45, 2.75) is 24.7 Å². The number of hydrogen-bond acceptors (Lipinski definition) is 1. The van der Waals surface area contributed by atoms with E-state index in [1.54, 1.807) is 6.07 Å². The Morgan fingerprint density at radius 1 is 0.478 bits per heavy atom. The van der Waals surface area contributed by atoms with Crippen LogP contribution in [-0.2, 0) is 24.7 Å². The monoisotopic (exact) mass is 652 g/mol. The van der Waals surface area contributed by atoms with Crippen LogP contribution in [0.15, 0.2) is 78.5 Å². The van der Waals surface area contributed by atoms with Crippen LogP contribution in [0.3, 0.4) is 0 Å². The molecule has 0 radical (unpaired) electrons. The van der Waals surface area contributed by atoms with Crippen molar-refractivity contribution in [1.29, 1.82) is 5.26 Å². The molecule has 0 aliphatic heterocycles. The van der Waals surface area contributed by atoms with Crippen LogP contribution in [0.2, 0.25) is 0 Å².